The van der Waals surface area contributed by atoms with Gasteiger partial charge in [-0.1, -0.05) is 19.6 Å². The smallest absolute Gasteiger partial charge is 0.293 e. The van der Waals surface area contributed by atoms with E-state index in [0.29, 0.717) is 6.04 Å². The van der Waals surface area contributed by atoms with E-state index in [1.165, 1.54) is 18.1 Å². The molecule has 3 aromatic heterocycles. The Kier molecular flexibility index (Phi) is 9.38. The molecule has 181 valence electrons. The van der Waals surface area contributed by atoms with E-state index in [1.807, 2.05) is 36.6 Å². The zero-order chi connectivity index (χ0) is 24.6. The Morgan fingerprint density at radius 3 is 2.56 bits per heavy atom. The lowest BCUT2D eigenvalue weighted by Gasteiger charge is -2.37. The van der Waals surface area contributed by atoms with Crippen LogP contribution in [0.2, 0.25) is 25.7 Å². The molecule has 0 aromatic carbocycles. The third-order valence-corrected chi connectivity index (χ3v) is 7.86. The van der Waals surface area contributed by atoms with E-state index in [1.54, 1.807) is 14.5 Å². The second-order valence-corrected chi connectivity index (χ2v) is 15.5. The van der Waals surface area contributed by atoms with Gasteiger partial charge in [-0.2, -0.15) is 0 Å². The number of nitrogens with zero attached hydrogens (tertiary/aromatic N) is 5. The maximum Gasteiger partial charge on any atom is 0.293 e. The van der Waals surface area contributed by atoms with Crippen LogP contribution in [0.15, 0.2) is 37.2 Å². The molecule has 1 radical (unpaired) electrons. The van der Waals surface area contributed by atoms with Gasteiger partial charge in [0, 0.05) is 87.9 Å². The molecule has 3 aromatic rings. The number of pyridine rings is 1. The minimum Gasteiger partial charge on any atom is -0.385 e. The van der Waals surface area contributed by atoms with Crippen LogP contribution in [0, 0.1) is 0 Å². The highest BCUT2D eigenvalue weighted by molar-refractivity contribution is 6.76. The first-order valence-electron chi connectivity index (χ1n) is 11.8. The van der Waals surface area contributed by atoms with Crippen LogP contribution in [-0.4, -0.2) is 86.3 Å². The van der Waals surface area contributed by atoms with Crippen molar-refractivity contribution in [2.75, 3.05) is 38.8 Å². The molecule has 0 unspecified atom stereocenters. The number of rotatable bonds is 8. The molecule has 1 aliphatic heterocycles. The molecule has 0 amide bonds. The van der Waals surface area contributed by atoms with Crippen molar-refractivity contribution in [2.24, 2.45) is 0 Å². The topological polar surface area (TPSA) is 87.2 Å². The number of nitrogens with one attached hydrogen (secondary N) is 1. The van der Waals surface area contributed by atoms with Gasteiger partial charge >= 0.3 is 0 Å². The van der Waals surface area contributed by atoms with Crippen LogP contribution >= 0.6 is 0 Å². The van der Waals surface area contributed by atoms with Crippen molar-refractivity contribution in [1.29, 1.82) is 0 Å². The van der Waals surface area contributed by atoms with E-state index in [4.69, 9.17) is 4.74 Å². The molecule has 1 aliphatic rings. The van der Waals surface area contributed by atoms with Crippen molar-refractivity contribution < 1.29 is 9.53 Å². The van der Waals surface area contributed by atoms with Crippen molar-refractivity contribution in [3.8, 4) is 11.1 Å². The Morgan fingerprint density at radius 2 is 1.97 bits per heavy atom. The molecule has 1 fully saturated rings. The third kappa shape index (κ3) is 6.97. The van der Waals surface area contributed by atoms with Gasteiger partial charge < -0.3 is 24.2 Å². The van der Waals surface area contributed by atoms with Crippen LogP contribution in [0.3, 0.4) is 0 Å². The maximum absolute atomic E-state index is 10.7. The molecule has 0 atom stereocenters. The molecule has 8 nitrogen and oxygen atoms in total. The van der Waals surface area contributed by atoms with Crippen LogP contribution < -0.4 is 4.90 Å². The molecule has 10 heteroatoms. The van der Waals surface area contributed by atoms with Crippen molar-refractivity contribution >= 4 is 38.4 Å². The van der Waals surface area contributed by atoms with Gasteiger partial charge in [-0.3, -0.25) is 0 Å². The average Bonchev–Trinajstić information content (AvgIpc) is 3.28. The summed E-state index contributed by atoms with van der Waals surface area (Å²) in [5.41, 5.74) is 4.09. The van der Waals surface area contributed by atoms with Crippen LogP contribution in [0.1, 0.15) is 12.8 Å². The summed E-state index contributed by atoms with van der Waals surface area (Å²) in [5, 5.41) is 1.11. The number of aromatic amines is 1. The molecule has 1 saturated heterocycles. The predicted octanol–water partition coefficient (Wildman–Crippen LogP) is 3.70. The lowest BCUT2D eigenvalue weighted by atomic mass is 9.89. The fourth-order valence-electron chi connectivity index (χ4n) is 4.11. The monoisotopic (exact) mass is 479 g/mol. The molecule has 4 rings (SSSR count). The quantitative estimate of drug-likeness (QED) is 0.389. The maximum atomic E-state index is 10.7. The van der Waals surface area contributed by atoms with E-state index < -0.39 is 8.07 Å². The summed E-state index contributed by atoms with van der Waals surface area (Å²) >= 11 is 0. The standard InChI is InChI=1S/C18H20BN6O.C6H16OSi/c1-24(19-11-26)14-3-6-25(7-4-14)16-2-5-22-18-17(16)15(10-23-18)13-8-20-12-21-9-13;1-7-5-6-8(2,3)4/h2,5,8-12,14H,3-4,6-7H2,1H3,(H,22,23);5-6H2,1-4H3. The summed E-state index contributed by atoms with van der Waals surface area (Å²) in [6.07, 6.45) is 11.9. The Morgan fingerprint density at radius 1 is 1.26 bits per heavy atom. The summed E-state index contributed by atoms with van der Waals surface area (Å²) in [7, 11) is 4.55. The van der Waals surface area contributed by atoms with Gasteiger partial charge in [-0.25, -0.2) is 15.0 Å². The summed E-state index contributed by atoms with van der Waals surface area (Å²) < 4.78 is 4.95. The first-order valence-corrected chi connectivity index (χ1v) is 15.5. The molecule has 0 aliphatic carbocycles. The van der Waals surface area contributed by atoms with Crippen LogP contribution in [0.4, 0.5) is 5.69 Å². The fourth-order valence-corrected chi connectivity index (χ4v) is 4.93. The van der Waals surface area contributed by atoms with Crippen LogP contribution in [0.25, 0.3) is 22.2 Å². The fraction of sp³-hybridized carbons (Fsp3) is 0.500. The highest BCUT2D eigenvalue weighted by Crippen LogP contribution is 2.35. The lowest BCUT2D eigenvalue weighted by molar-refractivity contribution is 0.214. The number of hydrogen-bond donors (Lipinski definition) is 1. The number of hydrogen-bond acceptors (Lipinski definition) is 7. The third-order valence-electron chi connectivity index (χ3n) is 6.16. The molecule has 0 spiro atoms. The number of aromatic nitrogens is 4. The van der Waals surface area contributed by atoms with Crippen molar-refractivity contribution in [2.45, 2.75) is 44.6 Å². The lowest BCUT2D eigenvalue weighted by Crippen LogP contribution is -2.45. The van der Waals surface area contributed by atoms with Crippen molar-refractivity contribution in [1.82, 2.24) is 24.7 Å². The molecule has 34 heavy (non-hydrogen) atoms. The molecule has 1 N–H and O–H groups in total. The first kappa shape index (κ1) is 26.1. The first-order chi connectivity index (χ1) is 16.3. The highest BCUT2D eigenvalue weighted by atomic mass is 28.3. The van der Waals surface area contributed by atoms with Gasteiger partial charge in [-0.05, 0) is 32.0 Å². The Labute approximate surface area is 204 Å². The minimum absolute atomic E-state index is 0.405. The van der Waals surface area contributed by atoms with Gasteiger partial charge in [0.1, 0.15) is 12.0 Å². The summed E-state index contributed by atoms with van der Waals surface area (Å²) in [6.45, 7) is 9.88. The zero-order valence-corrected chi connectivity index (χ0v) is 22.0. The Hall–Kier alpha value is -2.56. The van der Waals surface area contributed by atoms with Gasteiger partial charge in [0.05, 0.1) is 6.19 Å². The number of carbonyl (C=O) groups is 1. The molecular weight excluding hydrogens is 443 g/mol. The molecule has 0 bridgehead atoms. The van der Waals surface area contributed by atoms with Crippen LogP contribution in [-0.2, 0) is 9.53 Å². The SMILES string of the molecule is CN([B]C=O)C1CCN(c2ccnc3[nH]cc(-c4cncnc4)c23)CC1.COCC[Si](C)(C)C. The van der Waals surface area contributed by atoms with E-state index in [-0.39, 0.29) is 0 Å². The predicted molar refractivity (Wildman–Crippen MR) is 143 cm³/mol. The van der Waals surface area contributed by atoms with Crippen molar-refractivity contribution in [3.05, 3.63) is 37.2 Å². The van der Waals surface area contributed by atoms with Crippen molar-refractivity contribution in [3.63, 3.8) is 0 Å². The molecular formula is C24H36BN6O2Si. The zero-order valence-electron chi connectivity index (χ0n) is 21.0. The number of carbonyl (C=O) groups excluding carboxylic acids is 1. The van der Waals surface area contributed by atoms with E-state index in [2.05, 4.69) is 50.5 Å². The van der Waals surface area contributed by atoms with E-state index >= 15 is 0 Å². The normalized spacial score (nSPS) is 14.7. The number of methoxy groups -OCH3 is 1. The highest BCUT2D eigenvalue weighted by Gasteiger charge is 2.24. The molecule has 0 saturated carbocycles. The van der Waals surface area contributed by atoms with Gasteiger partial charge in [0.25, 0.3) is 7.41 Å². The number of H-pyrrole nitrogens is 1. The average molecular weight is 479 g/mol. The van der Waals surface area contributed by atoms with Gasteiger partial charge in [-0.15, -0.1) is 0 Å². The minimum atomic E-state index is -0.803. The van der Waals surface area contributed by atoms with E-state index in [9.17, 15) is 4.79 Å². The Bertz CT molecular complexity index is 1030. The second-order valence-electron chi connectivity index (χ2n) is 9.86. The van der Waals surface area contributed by atoms with E-state index in [0.717, 1.165) is 60.9 Å². The number of fused-ring (bicyclic) bond motifs is 1. The van der Waals surface area contributed by atoms with Crippen LogP contribution in [0.5, 0.6) is 0 Å². The Balaban J connectivity index is 0.000000350. The molecule has 4 heterocycles. The number of anilines is 1. The second kappa shape index (κ2) is 12.2. The number of piperidine rings is 1. The summed E-state index contributed by atoms with van der Waals surface area (Å²) in [5.74, 6) is 0. The number of ether oxygens (including phenoxy) is 1. The summed E-state index contributed by atoms with van der Waals surface area (Å²) in [6, 6.07) is 3.76. The van der Waals surface area contributed by atoms with Gasteiger partial charge in [0.15, 0.2) is 0 Å². The summed E-state index contributed by atoms with van der Waals surface area (Å²) in [4.78, 5) is 31.1. The largest absolute Gasteiger partial charge is 0.385 e. The van der Waals surface area contributed by atoms with Gasteiger partial charge in [0.2, 0.25) is 0 Å².